The maximum absolute atomic E-state index is 13.5. The third-order valence-electron chi connectivity index (χ3n) is 3.37. The number of likely N-dealkylation sites (tertiary alicyclic amines) is 1. The molecule has 1 unspecified atom stereocenters. The fourth-order valence-corrected chi connectivity index (χ4v) is 2.42. The molecule has 0 spiro atoms. The first-order valence-corrected chi connectivity index (χ1v) is 6.52. The first-order chi connectivity index (χ1) is 9.56. The Hall–Kier alpha value is -1.72. The zero-order valence-corrected chi connectivity index (χ0v) is 11.4. The van der Waals surface area contributed by atoms with E-state index in [-0.39, 0.29) is 11.9 Å². The Balaban J connectivity index is 2.06. The largest absolute Gasteiger partial charge is 0.478 e. The van der Waals surface area contributed by atoms with Gasteiger partial charge in [-0.2, -0.15) is 0 Å². The van der Waals surface area contributed by atoms with Crippen LogP contribution in [-0.2, 0) is 16.1 Å². The number of carbonyl (C=O) groups is 1. The normalized spacial score (nSPS) is 19.8. The molecule has 0 aliphatic carbocycles. The lowest BCUT2D eigenvalue weighted by Gasteiger charge is -2.16. The Morgan fingerprint density at radius 1 is 1.55 bits per heavy atom. The van der Waals surface area contributed by atoms with Gasteiger partial charge < -0.3 is 9.84 Å². The number of carboxylic acid groups (broad SMARTS) is 1. The second-order valence-electron chi connectivity index (χ2n) is 4.95. The zero-order chi connectivity index (χ0) is 14.5. The Kier molecular flexibility index (Phi) is 4.87. The van der Waals surface area contributed by atoms with Crippen molar-refractivity contribution >= 4 is 12.0 Å². The van der Waals surface area contributed by atoms with E-state index in [0.29, 0.717) is 12.1 Å². The quantitative estimate of drug-likeness (QED) is 0.839. The monoisotopic (exact) mass is 279 g/mol. The van der Waals surface area contributed by atoms with Crippen molar-refractivity contribution in [3.8, 4) is 0 Å². The highest BCUT2D eigenvalue weighted by atomic mass is 19.1. The molecule has 1 aliphatic heterocycles. The minimum atomic E-state index is -1.04. The Morgan fingerprint density at radius 3 is 3.00 bits per heavy atom. The van der Waals surface area contributed by atoms with Gasteiger partial charge in [0.25, 0.3) is 0 Å². The standard InChI is InChI=1S/C15H18FNO3/c1-20-14-4-5-17(10-14)9-12-6-11(2-3-15(18)19)7-13(16)8-12/h2-3,6-8,14H,4-5,9-10H2,1H3,(H,18,19)/b3-2+. The lowest BCUT2D eigenvalue weighted by atomic mass is 10.1. The molecule has 20 heavy (non-hydrogen) atoms. The molecule has 0 bridgehead atoms. The van der Waals surface area contributed by atoms with Gasteiger partial charge in [0, 0.05) is 32.8 Å². The van der Waals surface area contributed by atoms with Crippen LogP contribution in [0, 0.1) is 5.82 Å². The summed E-state index contributed by atoms with van der Waals surface area (Å²) in [6, 6.07) is 4.62. The van der Waals surface area contributed by atoms with Crippen LogP contribution in [-0.4, -0.2) is 42.3 Å². The van der Waals surface area contributed by atoms with Gasteiger partial charge >= 0.3 is 5.97 Å². The lowest BCUT2D eigenvalue weighted by Crippen LogP contribution is -2.22. The molecule has 0 radical (unpaired) electrons. The molecule has 1 fully saturated rings. The smallest absolute Gasteiger partial charge is 0.328 e. The second-order valence-corrected chi connectivity index (χ2v) is 4.95. The molecule has 1 N–H and O–H groups in total. The van der Waals surface area contributed by atoms with Crippen LogP contribution in [0.4, 0.5) is 4.39 Å². The maximum Gasteiger partial charge on any atom is 0.328 e. The van der Waals surface area contributed by atoms with Gasteiger partial charge in [-0.1, -0.05) is 6.07 Å². The Bertz CT molecular complexity index is 516. The van der Waals surface area contributed by atoms with Gasteiger partial charge in [-0.05, 0) is 35.8 Å². The van der Waals surface area contributed by atoms with Crippen molar-refractivity contribution < 1.29 is 19.0 Å². The second kappa shape index (κ2) is 6.63. The van der Waals surface area contributed by atoms with E-state index in [2.05, 4.69) is 4.90 Å². The molecule has 1 atom stereocenters. The molecule has 5 heteroatoms. The summed E-state index contributed by atoms with van der Waals surface area (Å²) >= 11 is 0. The molecule has 1 saturated heterocycles. The lowest BCUT2D eigenvalue weighted by molar-refractivity contribution is -0.131. The minimum absolute atomic E-state index is 0.245. The van der Waals surface area contributed by atoms with E-state index in [4.69, 9.17) is 9.84 Å². The number of halogens is 1. The van der Waals surface area contributed by atoms with Crippen LogP contribution >= 0.6 is 0 Å². The highest BCUT2D eigenvalue weighted by molar-refractivity contribution is 5.85. The summed E-state index contributed by atoms with van der Waals surface area (Å²) in [6.07, 6.45) is 3.64. The van der Waals surface area contributed by atoms with Gasteiger partial charge in [0.05, 0.1) is 6.10 Å². The topological polar surface area (TPSA) is 49.8 Å². The summed E-state index contributed by atoms with van der Waals surface area (Å²) in [6.45, 7) is 2.41. The van der Waals surface area contributed by atoms with Crippen LogP contribution in [0.15, 0.2) is 24.3 Å². The van der Waals surface area contributed by atoms with Crippen LogP contribution in [0.5, 0.6) is 0 Å². The molecular formula is C15H18FNO3. The molecule has 0 saturated carbocycles. The van der Waals surface area contributed by atoms with E-state index in [9.17, 15) is 9.18 Å². The number of carboxylic acids is 1. The number of benzene rings is 1. The van der Waals surface area contributed by atoms with Crippen LogP contribution in [0.2, 0.25) is 0 Å². The molecule has 1 aliphatic rings. The van der Waals surface area contributed by atoms with Gasteiger partial charge in [-0.3, -0.25) is 4.90 Å². The van der Waals surface area contributed by atoms with Crippen molar-refractivity contribution in [2.75, 3.05) is 20.2 Å². The van der Waals surface area contributed by atoms with Crippen molar-refractivity contribution in [1.29, 1.82) is 0 Å². The predicted octanol–water partition coefficient (Wildman–Crippen LogP) is 2.14. The van der Waals surface area contributed by atoms with Crippen molar-refractivity contribution in [1.82, 2.24) is 4.90 Å². The molecule has 1 aromatic carbocycles. The van der Waals surface area contributed by atoms with E-state index < -0.39 is 5.97 Å². The summed E-state index contributed by atoms with van der Waals surface area (Å²) < 4.78 is 18.8. The van der Waals surface area contributed by atoms with Crippen LogP contribution < -0.4 is 0 Å². The number of methoxy groups -OCH3 is 1. The minimum Gasteiger partial charge on any atom is -0.478 e. The van der Waals surface area contributed by atoms with Crippen LogP contribution in [0.3, 0.4) is 0 Å². The molecule has 1 aromatic rings. The zero-order valence-electron chi connectivity index (χ0n) is 11.4. The molecule has 0 aromatic heterocycles. The predicted molar refractivity (Wildman–Crippen MR) is 73.8 cm³/mol. The van der Waals surface area contributed by atoms with Crippen molar-refractivity contribution in [3.05, 3.63) is 41.2 Å². The molecule has 0 amide bonds. The number of ether oxygens (including phenoxy) is 1. The van der Waals surface area contributed by atoms with Gasteiger partial charge in [0.2, 0.25) is 0 Å². The molecular weight excluding hydrogens is 261 g/mol. The average molecular weight is 279 g/mol. The Morgan fingerprint density at radius 2 is 2.35 bits per heavy atom. The molecule has 108 valence electrons. The van der Waals surface area contributed by atoms with Crippen molar-refractivity contribution in [3.63, 3.8) is 0 Å². The number of aliphatic carboxylic acids is 1. The summed E-state index contributed by atoms with van der Waals surface area (Å²) in [5.74, 6) is -1.40. The fourth-order valence-electron chi connectivity index (χ4n) is 2.42. The third-order valence-corrected chi connectivity index (χ3v) is 3.37. The van der Waals surface area contributed by atoms with Crippen molar-refractivity contribution in [2.24, 2.45) is 0 Å². The molecule has 1 heterocycles. The van der Waals surface area contributed by atoms with Gasteiger partial charge in [0.1, 0.15) is 5.82 Å². The first kappa shape index (κ1) is 14.7. The summed E-state index contributed by atoms with van der Waals surface area (Å²) in [5, 5.41) is 8.60. The van der Waals surface area contributed by atoms with Crippen molar-refractivity contribution in [2.45, 2.75) is 19.1 Å². The molecule has 4 nitrogen and oxygen atoms in total. The maximum atomic E-state index is 13.5. The summed E-state index contributed by atoms with van der Waals surface area (Å²) in [5.41, 5.74) is 1.40. The van der Waals surface area contributed by atoms with E-state index >= 15 is 0 Å². The van der Waals surface area contributed by atoms with Gasteiger partial charge in [0.15, 0.2) is 0 Å². The van der Waals surface area contributed by atoms with E-state index in [1.807, 2.05) is 6.07 Å². The van der Waals surface area contributed by atoms with E-state index in [1.54, 1.807) is 7.11 Å². The van der Waals surface area contributed by atoms with Gasteiger partial charge in [-0.15, -0.1) is 0 Å². The fraction of sp³-hybridized carbons (Fsp3) is 0.400. The van der Waals surface area contributed by atoms with Crippen LogP contribution in [0.1, 0.15) is 17.5 Å². The number of hydrogen-bond acceptors (Lipinski definition) is 3. The SMILES string of the molecule is COC1CCN(Cc2cc(F)cc(/C=C/C(=O)O)c2)C1. The number of nitrogens with zero attached hydrogens (tertiary/aromatic N) is 1. The number of rotatable bonds is 5. The Labute approximate surface area is 117 Å². The first-order valence-electron chi connectivity index (χ1n) is 6.52. The van der Waals surface area contributed by atoms with E-state index in [0.717, 1.165) is 31.1 Å². The highest BCUT2D eigenvalue weighted by Gasteiger charge is 2.21. The summed E-state index contributed by atoms with van der Waals surface area (Å²) in [4.78, 5) is 12.7. The average Bonchev–Trinajstić information content (AvgIpc) is 2.83. The van der Waals surface area contributed by atoms with Crippen LogP contribution in [0.25, 0.3) is 6.08 Å². The highest BCUT2D eigenvalue weighted by Crippen LogP contribution is 2.18. The summed E-state index contributed by atoms with van der Waals surface area (Å²) in [7, 11) is 1.70. The number of hydrogen-bond donors (Lipinski definition) is 1. The van der Waals surface area contributed by atoms with Gasteiger partial charge in [-0.25, -0.2) is 9.18 Å². The van der Waals surface area contributed by atoms with E-state index in [1.165, 1.54) is 18.2 Å². The third kappa shape index (κ3) is 4.15. The molecule has 2 rings (SSSR count).